The minimum absolute atomic E-state index is 0.383. The van der Waals surface area contributed by atoms with E-state index in [9.17, 15) is 0 Å². The monoisotopic (exact) mass is 275 g/mol. The van der Waals surface area contributed by atoms with Gasteiger partial charge in [-0.3, -0.25) is 4.98 Å². The van der Waals surface area contributed by atoms with E-state index in [1.807, 2.05) is 6.20 Å². The van der Waals surface area contributed by atoms with Crippen LogP contribution < -0.4 is 10.2 Å². The summed E-state index contributed by atoms with van der Waals surface area (Å²) in [4.78, 5) is 7.10. The van der Waals surface area contributed by atoms with Crippen LogP contribution in [-0.2, 0) is 0 Å². The van der Waals surface area contributed by atoms with E-state index in [1.165, 1.54) is 37.8 Å². The zero-order valence-electron chi connectivity index (χ0n) is 13.2. The smallest absolute Gasteiger partial charge is 0.0574 e. The first-order valence-electron chi connectivity index (χ1n) is 8.18. The number of pyridine rings is 1. The summed E-state index contributed by atoms with van der Waals surface area (Å²) in [5.74, 6) is 0. The molecular formula is C17H29N3. The molecule has 1 N–H and O–H groups in total. The van der Waals surface area contributed by atoms with E-state index in [0.29, 0.717) is 12.1 Å². The summed E-state index contributed by atoms with van der Waals surface area (Å²) in [5, 5.41) is 3.48. The van der Waals surface area contributed by atoms with Crippen molar-refractivity contribution in [3.63, 3.8) is 0 Å². The maximum atomic E-state index is 4.68. The third-order valence-corrected chi connectivity index (χ3v) is 4.52. The van der Waals surface area contributed by atoms with Gasteiger partial charge in [0.05, 0.1) is 17.6 Å². The molecule has 0 radical (unpaired) electrons. The van der Waals surface area contributed by atoms with E-state index in [1.54, 1.807) is 0 Å². The van der Waals surface area contributed by atoms with Gasteiger partial charge in [0.15, 0.2) is 0 Å². The van der Waals surface area contributed by atoms with Gasteiger partial charge in [-0.05, 0) is 37.9 Å². The Balaban J connectivity index is 2.02. The molecule has 0 aromatic carbocycles. The number of nitrogens with zero attached hydrogens (tertiary/aromatic N) is 2. The van der Waals surface area contributed by atoms with Crippen molar-refractivity contribution in [2.75, 3.05) is 18.5 Å². The lowest BCUT2D eigenvalue weighted by Gasteiger charge is -2.32. The SMILES string of the molecule is CCNC(CC)c1ccc(N(C)C2CCCCC2)cn1. The fourth-order valence-corrected chi connectivity index (χ4v) is 3.20. The zero-order valence-corrected chi connectivity index (χ0v) is 13.2. The molecule has 1 heterocycles. The highest BCUT2D eigenvalue weighted by atomic mass is 15.1. The molecule has 0 bridgehead atoms. The lowest BCUT2D eigenvalue weighted by molar-refractivity contribution is 0.427. The van der Waals surface area contributed by atoms with Crippen molar-refractivity contribution >= 4 is 5.69 Å². The van der Waals surface area contributed by atoms with Crippen molar-refractivity contribution in [2.24, 2.45) is 0 Å². The third-order valence-electron chi connectivity index (χ3n) is 4.52. The van der Waals surface area contributed by atoms with Crippen LogP contribution in [0.4, 0.5) is 5.69 Å². The van der Waals surface area contributed by atoms with E-state index >= 15 is 0 Å². The molecule has 1 aliphatic rings. The summed E-state index contributed by atoms with van der Waals surface area (Å²) in [6.07, 6.45) is 9.93. The highest BCUT2D eigenvalue weighted by molar-refractivity contribution is 5.45. The van der Waals surface area contributed by atoms with Crippen LogP contribution in [0.3, 0.4) is 0 Å². The molecule has 1 fully saturated rings. The van der Waals surface area contributed by atoms with Crippen LogP contribution in [-0.4, -0.2) is 24.6 Å². The number of hydrogen-bond acceptors (Lipinski definition) is 3. The second kappa shape index (κ2) is 7.63. The summed E-state index contributed by atoms with van der Waals surface area (Å²) in [6.45, 7) is 5.34. The zero-order chi connectivity index (χ0) is 14.4. The first-order valence-corrected chi connectivity index (χ1v) is 8.18. The number of anilines is 1. The Morgan fingerprint density at radius 3 is 2.55 bits per heavy atom. The Kier molecular flexibility index (Phi) is 5.84. The van der Waals surface area contributed by atoms with Crippen LogP contribution in [0.2, 0.25) is 0 Å². The van der Waals surface area contributed by atoms with E-state index in [4.69, 9.17) is 0 Å². The molecule has 1 atom stereocenters. The van der Waals surface area contributed by atoms with Gasteiger partial charge in [0.25, 0.3) is 0 Å². The van der Waals surface area contributed by atoms with Gasteiger partial charge in [-0.1, -0.05) is 33.1 Å². The van der Waals surface area contributed by atoms with Gasteiger partial charge < -0.3 is 10.2 Å². The molecule has 0 amide bonds. The van der Waals surface area contributed by atoms with Crippen LogP contribution >= 0.6 is 0 Å². The van der Waals surface area contributed by atoms with Crippen LogP contribution in [0.25, 0.3) is 0 Å². The normalized spacial score (nSPS) is 17.9. The largest absolute Gasteiger partial charge is 0.370 e. The Morgan fingerprint density at radius 2 is 2.00 bits per heavy atom. The van der Waals surface area contributed by atoms with E-state index in [0.717, 1.165) is 18.7 Å². The fourth-order valence-electron chi connectivity index (χ4n) is 3.20. The molecule has 3 heteroatoms. The van der Waals surface area contributed by atoms with Gasteiger partial charge in [0.2, 0.25) is 0 Å². The van der Waals surface area contributed by atoms with Gasteiger partial charge in [0.1, 0.15) is 0 Å². The predicted octanol–water partition coefficient (Wildman–Crippen LogP) is 3.91. The van der Waals surface area contributed by atoms with E-state index in [-0.39, 0.29) is 0 Å². The van der Waals surface area contributed by atoms with Crippen molar-refractivity contribution in [3.8, 4) is 0 Å². The standard InChI is InChI=1S/C17H29N3/c1-4-16(18-5-2)17-12-11-15(13-19-17)20(3)14-9-7-6-8-10-14/h11-14,16,18H,4-10H2,1-3H3. The van der Waals surface area contributed by atoms with Crippen molar-refractivity contribution < 1.29 is 0 Å². The highest BCUT2D eigenvalue weighted by Crippen LogP contribution is 2.26. The molecule has 2 rings (SSSR count). The molecule has 1 unspecified atom stereocenters. The number of hydrogen-bond donors (Lipinski definition) is 1. The van der Waals surface area contributed by atoms with Crippen LogP contribution in [0.5, 0.6) is 0 Å². The quantitative estimate of drug-likeness (QED) is 0.853. The summed E-state index contributed by atoms with van der Waals surface area (Å²) in [5.41, 5.74) is 2.42. The van der Waals surface area contributed by atoms with Gasteiger partial charge in [-0.25, -0.2) is 0 Å². The molecule has 1 aliphatic carbocycles. The van der Waals surface area contributed by atoms with Crippen LogP contribution in [0.15, 0.2) is 18.3 Å². The van der Waals surface area contributed by atoms with E-state index < -0.39 is 0 Å². The Labute approximate surface area is 123 Å². The Hall–Kier alpha value is -1.09. The lowest BCUT2D eigenvalue weighted by atomic mass is 9.94. The first kappa shape index (κ1) is 15.3. The molecule has 112 valence electrons. The summed E-state index contributed by atoms with van der Waals surface area (Å²) < 4.78 is 0. The van der Waals surface area contributed by atoms with Crippen LogP contribution in [0.1, 0.15) is 64.1 Å². The van der Waals surface area contributed by atoms with Crippen molar-refractivity contribution in [2.45, 2.75) is 64.5 Å². The predicted molar refractivity (Wildman–Crippen MR) is 86.2 cm³/mol. The third kappa shape index (κ3) is 3.72. The molecule has 3 nitrogen and oxygen atoms in total. The van der Waals surface area contributed by atoms with Crippen LogP contribution in [0, 0.1) is 0 Å². The molecule has 0 aliphatic heterocycles. The lowest BCUT2D eigenvalue weighted by Crippen LogP contribution is -2.33. The fraction of sp³-hybridized carbons (Fsp3) is 0.706. The molecule has 20 heavy (non-hydrogen) atoms. The summed E-state index contributed by atoms with van der Waals surface area (Å²) in [7, 11) is 2.22. The first-order chi connectivity index (χ1) is 9.76. The second-order valence-electron chi connectivity index (χ2n) is 5.86. The van der Waals surface area contributed by atoms with E-state index in [2.05, 4.69) is 48.2 Å². The van der Waals surface area contributed by atoms with Crippen molar-refractivity contribution in [1.29, 1.82) is 0 Å². The van der Waals surface area contributed by atoms with Gasteiger partial charge in [-0.15, -0.1) is 0 Å². The van der Waals surface area contributed by atoms with Gasteiger partial charge in [-0.2, -0.15) is 0 Å². The molecule has 0 saturated heterocycles. The molecule has 1 aromatic rings. The summed E-state index contributed by atoms with van der Waals surface area (Å²) >= 11 is 0. The van der Waals surface area contributed by atoms with Crippen molar-refractivity contribution in [1.82, 2.24) is 10.3 Å². The maximum Gasteiger partial charge on any atom is 0.0574 e. The average Bonchev–Trinajstić information content (AvgIpc) is 2.53. The number of aromatic nitrogens is 1. The van der Waals surface area contributed by atoms with Gasteiger partial charge in [0, 0.05) is 19.1 Å². The topological polar surface area (TPSA) is 28.2 Å². The average molecular weight is 275 g/mol. The minimum atomic E-state index is 0.383. The molecule has 0 spiro atoms. The van der Waals surface area contributed by atoms with Gasteiger partial charge >= 0.3 is 0 Å². The number of rotatable bonds is 6. The Bertz CT molecular complexity index is 382. The molecular weight excluding hydrogens is 246 g/mol. The summed E-state index contributed by atoms with van der Waals surface area (Å²) in [6, 6.07) is 5.50. The number of nitrogens with one attached hydrogen (secondary N) is 1. The minimum Gasteiger partial charge on any atom is -0.370 e. The molecule has 1 saturated carbocycles. The highest BCUT2D eigenvalue weighted by Gasteiger charge is 2.19. The van der Waals surface area contributed by atoms with Crippen molar-refractivity contribution in [3.05, 3.63) is 24.0 Å². The molecule has 1 aromatic heterocycles. The Morgan fingerprint density at radius 1 is 1.25 bits per heavy atom. The maximum absolute atomic E-state index is 4.68. The second-order valence-corrected chi connectivity index (χ2v) is 5.86.